The summed E-state index contributed by atoms with van der Waals surface area (Å²) in [6.45, 7) is 3.88. The van der Waals surface area contributed by atoms with Crippen molar-refractivity contribution in [3.05, 3.63) is 51.9 Å². The van der Waals surface area contributed by atoms with Gasteiger partial charge in [0, 0.05) is 21.8 Å². The first-order chi connectivity index (χ1) is 9.08. The van der Waals surface area contributed by atoms with E-state index in [9.17, 15) is 0 Å². The molecule has 3 aromatic rings. The minimum Gasteiger partial charge on any atom is -0.233 e. The quantitative estimate of drug-likeness (QED) is 0.625. The van der Waals surface area contributed by atoms with Gasteiger partial charge in [-0.25, -0.2) is 9.50 Å². The summed E-state index contributed by atoms with van der Waals surface area (Å²) < 4.78 is 1.65. The molecule has 0 N–H and O–H groups in total. The van der Waals surface area contributed by atoms with E-state index >= 15 is 0 Å². The maximum Gasteiger partial charge on any atom is 0.164 e. The van der Waals surface area contributed by atoms with Crippen LogP contribution in [0.4, 0.5) is 0 Å². The normalized spacial score (nSPS) is 11.2. The average Bonchev–Trinajstić information content (AvgIpc) is 2.80. The second-order valence-corrected chi connectivity index (χ2v) is 5.21. The lowest BCUT2D eigenvalue weighted by atomic mass is 10.1. The molecule has 1 aromatic carbocycles. The van der Waals surface area contributed by atoms with Crippen molar-refractivity contribution < 1.29 is 0 Å². The van der Waals surface area contributed by atoms with Crippen LogP contribution in [0, 0.1) is 13.8 Å². The minimum absolute atomic E-state index is 0.593. The fourth-order valence-electron chi connectivity index (χ4n) is 2.00. The third kappa shape index (κ3) is 1.99. The number of rotatable bonds is 1. The van der Waals surface area contributed by atoms with E-state index < -0.39 is 0 Å². The molecule has 0 atom stereocenters. The Morgan fingerprint density at radius 1 is 1.16 bits per heavy atom. The summed E-state index contributed by atoms with van der Waals surface area (Å²) >= 11 is 12.3. The van der Waals surface area contributed by atoms with E-state index in [-0.39, 0.29) is 0 Å². The van der Waals surface area contributed by atoms with Crippen LogP contribution in [0.2, 0.25) is 10.2 Å². The SMILES string of the molecule is Cc1nc2c(-c3cccc(Cl)c3)cnn2c(Cl)c1C. The van der Waals surface area contributed by atoms with Crippen LogP contribution in [0.5, 0.6) is 0 Å². The fourth-order valence-corrected chi connectivity index (χ4v) is 2.45. The summed E-state index contributed by atoms with van der Waals surface area (Å²) in [5.41, 5.74) is 4.49. The zero-order chi connectivity index (χ0) is 13.6. The molecule has 0 aliphatic rings. The molecule has 19 heavy (non-hydrogen) atoms. The zero-order valence-corrected chi connectivity index (χ0v) is 12.0. The first-order valence-corrected chi connectivity index (χ1v) is 6.60. The molecule has 2 heterocycles. The van der Waals surface area contributed by atoms with E-state index in [4.69, 9.17) is 23.2 Å². The average molecular weight is 292 g/mol. The Labute approximate surface area is 120 Å². The molecule has 0 aliphatic carbocycles. The van der Waals surface area contributed by atoms with Crippen molar-refractivity contribution in [2.75, 3.05) is 0 Å². The van der Waals surface area contributed by atoms with E-state index in [1.54, 1.807) is 10.7 Å². The van der Waals surface area contributed by atoms with E-state index in [1.165, 1.54) is 0 Å². The molecule has 0 amide bonds. The van der Waals surface area contributed by atoms with E-state index in [0.29, 0.717) is 10.2 Å². The van der Waals surface area contributed by atoms with Crippen LogP contribution in [-0.4, -0.2) is 14.6 Å². The lowest BCUT2D eigenvalue weighted by molar-refractivity contribution is 0.916. The van der Waals surface area contributed by atoms with Crippen LogP contribution >= 0.6 is 23.2 Å². The van der Waals surface area contributed by atoms with Gasteiger partial charge in [0.25, 0.3) is 0 Å². The molecule has 3 rings (SSSR count). The number of hydrogen-bond acceptors (Lipinski definition) is 2. The van der Waals surface area contributed by atoms with Crippen molar-refractivity contribution in [2.45, 2.75) is 13.8 Å². The summed E-state index contributed by atoms with van der Waals surface area (Å²) in [7, 11) is 0. The third-order valence-corrected chi connectivity index (χ3v) is 3.87. The minimum atomic E-state index is 0.593. The molecule has 0 spiro atoms. The highest BCUT2D eigenvalue weighted by Crippen LogP contribution is 2.28. The van der Waals surface area contributed by atoms with Gasteiger partial charge in [-0.1, -0.05) is 35.3 Å². The zero-order valence-electron chi connectivity index (χ0n) is 10.5. The highest BCUT2D eigenvalue weighted by Gasteiger charge is 2.13. The first kappa shape index (κ1) is 12.5. The molecule has 0 radical (unpaired) electrons. The van der Waals surface area contributed by atoms with Crippen LogP contribution in [0.1, 0.15) is 11.3 Å². The van der Waals surface area contributed by atoms with Crippen molar-refractivity contribution in [3.8, 4) is 11.1 Å². The van der Waals surface area contributed by atoms with Crippen LogP contribution in [0.3, 0.4) is 0 Å². The van der Waals surface area contributed by atoms with Crippen LogP contribution in [0.25, 0.3) is 16.8 Å². The third-order valence-electron chi connectivity index (χ3n) is 3.19. The number of aryl methyl sites for hydroxylation is 1. The van der Waals surface area contributed by atoms with Gasteiger partial charge in [0.05, 0.1) is 6.20 Å². The Balaban J connectivity index is 2.32. The molecule has 0 unspecified atom stereocenters. The maximum atomic E-state index is 6.30. The summed E-state index contributed by atoms with van der Waals surface area (Å²) in [6, 6.07) is 7.62. The molecule has 5 heteroatoms. The standard InChI is InChI=1S/C14H11Cl2N3/c1-8-9(2)18-14-12(7-17-19(14)13(8)16)10-4-3-5-11(15)6-10/h3-7H,1-2H3. The Hall–Kier alpha value is -1.58. The number of fused-ring (bicyclic) bond motifs is 1. The van der Waals surface area contributed by atoms with E-state index in [2.05, 4.69) is 10.1 Å². The smallest absolute Gasteiger partial charge is 0.164 e. The second kappa shape index (κ2) is 4.51. The molecule has 0 saturated carbocycles. The summed E-state index contributed by atoms with van der Waals surface area (Å²) in [5.74, 6) is 0. The largest absolute Gasteiger partial charge is 0.233 e. The van der Waals surface area contributed by atoms with Gasteiger partial charge in [-0.15, -0.1) is 0 Å². The Morgan fingerprint density at radius 3 is 2.68 bits per heavy atom. The fraction of sp³-hybridized carbons (Fsp3) is 0.143. The molecule has 96 valence electrons. The number of benzene rings is 1. The number of halogens is 2. The van der Waals surface area contributed by atoms with Crippen molar-refractivity contribution in [2.24, 2.45) is 0 Å². The van der Waals surface area contributed by atoms with Gasteiger partial charge in [0.15, 0.2) is 5.65 Å². The van der Waals surface area contributed by atoms with Gasteiger partial charge < -0.3 is 0 Å². The van der Waals surface area contributed by atoms with Gasteiger partial charge in [-0.05, 0) is 31.5 Å². The van der Waals surface area contributed by atoms with Crippen LogP contribution in [-0.2, 0) is 0 Å². The second-order valence-electron chi connectivity index (χ2n) is 4.42. The lowest BCUT2D eigenvalue weighted by Crippen LogP contribution is -1.98. The van der Waals surface area contributed by atoms with Gasteiger partial charge in [-0.3, -0.25) is 0 Å². The van der Waals surface area contributed by atoms with Gasteiger partial charge >= 0.3 is 0 Å². The topological polar surface area (TPSA) is 30.2 Å². The number of nitrogens with zero attached hydrogens (tertiary/aromatic N) is 3. The molecule has 0 saturated heterocycles. The van der Waals surface area contributed by atoms with Crippen molar-refractivity contribution in [1.82, 2.24) is 14.6 Å². The number of aromatic nitrogens is 3. The Bertz CT molecular complexity index is 778. The molecule has 0 aliphatic heterocycles. The van der Waals surface area contributed by atoms with Crippen LogP contribution in [0.15, 0.2) is 30.5 Å². The monoisotopic (exact) mass is 291 g/mol. The highest BCUT2D eigenvalue weighted by atomic mass is 35.5. The molecular formula is C14H11Cl2N3. The molecule has 0 bridgehead atoms. The highest BCUT2D eigenvalue weighted by molar-refractivity contribution is 6.31. The number of hydrogen-bond donors (Lipinski definition) is 0. The lowest BCUT2D eigenvalue weighted by Gasteiger charge is -2.06. The molecule has 2 aromatic heterocycles. The Morgan fingerprint density at radius 2 is 1.95 bits per heavy atom. The van der Waals surface area contributed by atoms with E-state index in [0.717, 1.165) is 28.0 Å². The van der Waals surface area contributed by atoms with Crippen molar-refractivity contribution in [3.63, 3.8) is 0 Å². The van der Waals surface area contributed by atoms with Crippen molar-refractivity contribution in [1.29, 1.82) is 0 Å². The molecule has 0 fully saturated rings. The van der Waals surface area contributed by atoms with Gasteiger partial charge in [0.1, 0.15) is 5.15 Å². The first-order valence-electron chi connectivity index (χ1n) is 5.84. The predicted octanol–water partition coefficient (Wildman–Crippen LogP) is 4.32. The van der Waals surface area contributed by atoms with Crippen molar-refractivity contribution >= 4 is 28.8 Å². The van der Waals surface area contributed by atoms with E-state index in [1.807, 2.05) is 38.1 Å². The summed E-state index contributed by atoms with van der Waals surface area (Å²) in [4.78, 5) is 4.57. The summed E-state index contributed by atoms with van der Waals surface area (Å²) in [6.07, 6.45) is 1.76. The van der Waals surface area contributed by atoms with Gasteiger partial charge in [0.2, 0.25) is 0 Å². The maximum absolute atomic E-state index is 6.30. The molecule has 3 nitrogen and oxygen atoms in total. The predicted molar refractivity (Wildman–Crippen MR) is 77.9 cm³/mol. The summed E-state index contributed by atoms with van der Waals surface area (Å²) in [5, 5.41) is 5.59. The Kier molecular flexibility index (Phi) is 2.96. The molecular weight excluding hydrogens is 281 g/mol. The van der Waals surface area contributed by atoms with Gasteiger partial charge in [-0.2, -0.15) is 5.10 Å². The van der Waals surface area contributed by atoms with Crippen LogP contribution < -0.4 is 0 Å².